The van der Waals surface area contributed by atoms with Crippen LogP contribution in [0.1, 0.15) is 5.82 Å². The Balaban J connectivity index is 1.51. The Kier molecular flexibility index (Phi) is 4.38. The molecule has 5 aromatic rings. The van der Waals surface area contributed by atoms with Crippen LogP contribution in [0.4, 0.5) is 0 Å². The van der Waals surface area contributed by atoms with Crippen molar-refractivity contribution in [1.82, 2.24) is 19.5 Å². The molecule has 3 aromatic heterocycles. The molecule has 0 atom stereocenters. The van der Waals surface area contributed by atoms with Gasteiger partial charge in [-0.1, -0.05) is 36.0 Å². The summed E-state index contributed by atoms with van der Waals surface area (Å²) < 4.78 is 7.72. The molecular weight excluding hydrogens is 398 g/mol. The van der Waals surface area contributed by atoms with Crippen LogP contribution in [0.2, 0.25) is 0 Å². The number of benzene rings is 2. The third-order valence-electron chi connectivity index (χ3n) is 4.88. The number of aryl methyl sites for hydroxylation is 1. The molecule has 8 heteroatoms. The lowest BCUT2D eigenvalue weighted by Gasteiger charge is -2.05. The molecule has 0 bridgehead atoms. The lowest BCUT2D eigenvalue weighted by molar-refractivity contribution is 0.420. The fourth-order valence-electron chi connectivity index (χ4n) is 3.43. The third kappa shape index (κ3) is 2.88. The third-order valence-corrected chi connectivity index (χ3v) is 5.86. The number of fused-ring (bicyclic) bond motifs is 4. The number of thioether (sulfide) groups is 1. The topological polar surface area (TPSA) is 101 Å². The number of para-hydroxylation sites is 3. The number of nitrogens with zero attached hydrogens (tertiary/aromatic N) is 5. The molecule has 7 nitrogen and oxygen atoms in total. The molecule has 2 aromatic carbocycles. The van der Waals surface area contributed by atoms with Gasteiger partial charge < -0.3 is 14.1 Å². The Hall–Kier alpha value is -3.83. The van der Waals surface area contributed by atoms with Crippen molar-refractivity contribution in [3.8, 4) is 6.07 Å². The Labute approximate surface area is 175 Å². The van der Waals surface area contributed by atoms with Crippen LogP contribution >= 0.6 is 11.8 Å². The number of hydrogen-bond donors (Lipinski definition) is 1. The van der Waals surface area contributed by atoms with E-state index in [0.717, 1.165) is 27.5 Å². The number of allylic oxidation sites excluding steroid dienone is 1. The highest BCUT2D eigenvalue weighted by molar-refractivity contribution is 7.99. The largest absolute Gasteiger partial charge is 0.510 e. The second kappa shape index (κ2) is 7.21. The van der Waals surface area contributed by atoms with Crippen LogP contribution < -0.4 is 0 Å². The Morgan fingerprint density at radius 2 is 1.97 bits per heavy atom. The van der Waals surface area contributed by atoms with Gasteiger partial charge in [0.1, 0.15) is 39.9 Å². The van der Waals surface area contributed by atoms with E-state index < -0.39 is 0 Å². The van der Waals surface area contributed by atoms with Crippen molar-refractivity contribution < 1.29 is 9.52 Å². The van der Waals surface area contributed by atoms with E-state index in [2.05, 4.69) is 21.0 Å². The molecule has 0 radical (unpaired) electrons. The average Bonchev–Trinajstić information content (AvgIpc) is 3.32. The molecule has 1 N–H and O–H groups in total. The van der Waals surface area contributed by atoms with Gasteiger partial charge >= 0.3 is 0 Å². The molecule has 0 fully saturated rings. The van der Waals surface area contributed by atoms with E-state index in [-0.39, 0.29) is 17.1 Å². The quantitative estimate of drug-likeness (QED) is 0.195. The second-order valence-electron chi connectivity index (χ2n) is 6.66. The minimum atomic E-state index is -0.0659. The first-order valence-electron chi connectivity index (χ1n) is 9.16. The van der Waals surface area contributed by atoms with Gasteiger partial charge in [0.05, 0.1) is 16.8 Å². The first kappa shape index (κ1) is 18.2. The van der Waals surface area contributed by atoms with Crippen LogP contribution in [0.5, 0.6) is 0 Å². The van der Waals surface area contributed by atoms with Crippen LogP contribution in [0.3, 0.4) is 0 Å². The van der Waals surface area contributed by atoms with E-state index >= 15 is 0 Å². The van der Waals surface area contributed by atoms with E-state index in [1.807, 2.05) is 55.6 Å². The zero-order valence-electron chi connectivity index (χ0n) is 15.9. The van der Waals surface area contributed by atoms with Crippen LogP contribution in [0, 0.1) is 11.3 Å². The minimum Gasteiger partial charge on any atom is -0.510 e. The van der Waals surface area contributed by atoms with Gasteiger partial charge in [-0.3, -0.25) is 0 Å². The first-order chi connectivity index (χ1) is 14.7. The highest BCUT2D eigenvalue weighted by atomic mass is 32.2. The predicted molar refractivity (Wildman–Crippen MR) is 116 cm³/mol. The summed E-state index contributed by atoms with van der Waals surface area (Å²) in [4.78, 5) is 13.1. The molecule has 0 aliphatic carbocycles. The molecule has 0 spiro atoms. The van der Waals surface area contributed by atoms with Crippen molar-refractivity contribution in [2.45, 2.75) is 5.03 Å². The maximum atomic E-state index is 10.7. The molecule has 146 valence electrons. The van der Waals surface area contributed by atoms with Crippen molar-refractivity contribution in [1.29, 1.82) is 5.26 Å². The highest BCUT2D eigenvalue weighted by Crippen LogP contribution is 2.33. The zero-order chi connectivity index (χ0) is 20.7. The summed E-state index contributed by atoms with van der Waals surface area (Å²) in [6, 6.07) is 17.3. The minimum absolute atomic E-state index is 0.0659. The molecular formula is C22H15N5O2S. The van der Waals surface area contributed by atoms with E-state index in [4.69, 9.17) is 4.42 Å². The van der Waals surface area contributed by atoms with Gasteiger partial charge in [0.2, 0.25) is 0 Å². The van der Waals surface area contributed by atoms with Crippen LogP contribution in [-0.4, -0.2) is 30.4 Å². The number of nitriles is 1. The summed E-state index contributed by atoms with van der Waals surface area (Å²) in [5.74, 6) is 0.507. The van der Waals surface area contributed by atoms with Gasteiger partial charge in [0.15, 0.2) is 11.4 Å². The number of aliphatic hydroxyl groups is 1. The molecule has 0 amide bonds. The number of hydrogen-bond acceptors (Lipinski definition) is 7. The van der Waals surface area contributed by atoms with Gasteiger partial charge in [0, 0.05) is 12.4 Å². The lowest BCUT2D eigenvalue weighted by Crippen LogP contribution is -2.01. The highest BCUT2D eigenvalue weighted by Gasteiger charge is 2.18. The SMILES string of the molecule is Cn1c(/C(C#N)=C(\O)CSc2ncnc3c2oc2ccccc23)nc2ccccc21. The summed E-state index contributed by atoms with van der Waals surface area (Å²) in [5, 5.41) is 21.9. The summed E-state index contributed by atoms with van der Waals surface area (Å²) in [7, 11) is 1.82. The molecule has 5 rings (SSSR count). The summed E-state index contributed by atoms with van der Waals surface area (Å²) in [5.41, 5.74) is 3.81. The Morgan fingerprint density at radius 1 is 1.17 bits per heavy atom. The zero-order valence-corrected chi connectivity index (χ0v) is 16.7. The van der Waals surface area contributed by atoms with Crippen molar-refractivity contribution in [3.05, 3.63) is 66.4 Å². The van der Waals surface area contributed by atoms with Gasteiger partial charge in [-0.2, -0.15) is 5.26 Å². The van der Waals surface area contributed by atoms with Gasteiger partial charge in [-0.05, 0) is 24.3 Å². The van der Waals surface area contributed by atoms with E-state index in [1.165, 1.54) is 18.1 Å². The van der Waals surface area contributed by atoms with Gasteiger partial charge in [0.25, 0.3) is 0 Å². The van der Waals surface area contributed by atoms with E-state index in [0.29, 0.717) is 16.4 Å². The Bertz CT molecular complexity index is 1490. The molecule has 0 unspecified atom stereocenters. The van der Waals surface area contributed by atoms with Crippen LogP contribution in [0.15, 0.2) is 70.1 Å². The molecule has 3 heterocycles. The second-order valence-corrected chi connectivity index (χ2v) is 7.62. The first-order valence-corrected chi connectivity index (χ1v) is 10.1. The van der Waals surface area contributed by atoms with Crippen LogP contribution in [0.25, 0.3) is 38.7 Å². The van der Waals surface area contributed by atoms with Crippen LogP contribution in [-0.2, 0) is 7.05 Å². The number of furan rings is 1. The monoisotopic (exact) mass is 413 g/mol. The molecule has 0 aliphatic heterocycles. The number of rotatable bonds is 4. The molecule has 0 saturated carbocycles. The van der Waals surface area contributed by atoms with Crippen molar-refractivity contribution in [3.63, 3.8) is 0 Å². The Morgan fingerprint density at radius 3 is 2.80 bits per heavy atom. The maximum absolute atomic E-state index is 10.7. The smallest absolute Gasteiger partial charge is 0.186 e. The standard InChI is InChI=1S/C22H15N5O2S/c1-27-16-8-4-3-7-15(16)26-21(27)14(10-23)17(28)11-30-22-20-19(24-12-25-22)13-6-2-5-9-18(13)29-20/h2-9,12,28H,11H2,1H3/b17-14-. The van der Waals surface area contributed by atoms with E-state index in [9.17, 15) is 10.4 Å². The van der Waals surface area contributed by atoms with Crippen molar-refractivity contribution in [2.24, 2.45) is 7.05 Å². The summed E-state index contributed by atoms with van der Waals surface area (Å²) in [6.07, 6.45) is 1.48. The average molecular weight is 413 g/mol. The maximum Gasteiger partial charge on any atom is 0.186 e. The molecule has 0 saturated heterocycles. The molecule has 0 aliphatic rings. The number of aromatic nitrogens is 4. The number of aliphatic hydroxyl groups excluding tert-OH is 1. The fourth-order valence-corrected chi connectivity index (χ4v) is 4.24. The number of imidazole rings is 1. The summed E-state index contributed by atoms with van der Waals surface area (Å²) >= 11 is 1.28. The van der Waals surface area contributed by atoms with Gasteiger partial charge in [-0.15, -0.1) is 0 Å². The summed E-state index contributed by atoms with van der Waals surface area (Å²) in [6.45, 7) is 0. The lowest BCUT2D eigenvalue weighted by atomic mass is 10.2. The predicted octanol–water partition coefficient (Wildman–Crippen LogP) is 4.85. The van der Waals surface area contributed by atoms with Gasteiger partial charge in [-0.25, -0.2) is 15.0 Å². The van der Waals surface area contributed by atoms with Crippen molar-refractivity contribution >= 4 is 50.4 Å². The molecule has 30 heavy (non-hydrogen) atoms. The van der Waals surface area contributed by atoms with Crippen molar-refractivity contribution in [2.75, 3.05) is 5.75 Å². The van der Waals surface area contributed by atoms with E-state index in [1.54, 1.807) is 4.57 Å². The normalized spacial score (nSPS) is 12.4. The fraction of sp³-hybridized carbons (Fsp3) is 0.0909.